The molecule has 0 amide bonds. The van der Waals surface area contributed by atoms with Gasteiger partial charge in [0.05, 0.1) is 30.5 Å². The van der Waals surface area contributed by atoms with E-state index in [2.05, 4.69) is 0 Å². The smallest absolute Gasteiger partial charge is 0.208 e. The molecule has 6 N–H and O–H groups in total. The van der Waals surface area contributed by atoms with Crippen molar-refractivity contribution in [2.45, 2.75) is 62.0 Å². The molecule has 1 saturated carbocycles. The highest BCUT2D eigenvalue weighted by Gasteiger charge is 2.61. The number of aliphatic hydroxyl groups is 6. The predicted octanol–water partition coefficient (Wildman–Crippen LogP) is -3.01. The summed E-state index contributed by atoms with van der Waals surface area (Å²) in [5.74, 6) is -1.14. The molecule has 10 atom stereocenters. The van der Waals surface area contributed by atoms with Crippen LogP contribution in [0.4, 0.5) is 0 Å². The van der Waals surface area contributed by atoms with E-state index in [1.54, 1.807) is 6.92 Å². The molecule has 1 saturated heterocycles. The van der Waals surface area contributed by atoms with Crippen LogP contribution in [0.1, 0.15) is 13.3 Å². The Hall–Kier alpha value is -1.11. The third-order valence-electron chi connectivity index (χ3n) is 5.55. The molecule has 1 aliphatic carbocycles. The molecule has 0 aromatic rings. The van der Waals surface area contributed by atoms with Crippen LogP contribution in [0.25, 0.3) is 0 Å². The lowest BCUT2D eigenvalue weighted by Gasteiger charge is -2.45. The van der Waals surface area contributed by atoms with Gasteiger partial charge in [-0.15, -0.1) is 0 Å². The molecule has 0 radical (unpaired) electrons. The fraction of sp³-hybridized carbons (Fsp3) is 0.812. The Kier molecular flexibility index (Phi) is 5.39. The maximum absolute atomic E-state index is 11.3. The van der Waals surface area contributed by atoms with E-state index in [-0.39, 0.29) is 17.9 Å². The minimum absolute atomic E-state index is 0.118. The molecule has 2 heterocycles. The van der Waals surface area contributed by atoms with Crippen LogP contribution in [0.15, 0.2) is 11.8 Å². The fourth-order valence-electron chi connectivity index (χ4n) is 4.07. The van der Waals surface area contributed by atoms with Gasteiger partial charge in [-0.1, -0.05) is 6.92 Å². The van der Waals surface area contributed by atoms with Gasteiger partial charge in [0.15, 0.2) is 12.6 Å². The highest BCUT2D eigenvalue weighted by molar-refractivity contribution is 5.77. The average molecular weight is 376 g/mol. The van der Waals surface area contributed by atoms with Crippen LogP contribution in [-0.4, -0.2) is 92.2 Å². The molecule has 0 unspecified atom stereocenters. The van der Waals surface area contributed by atoms with E-state index in [0.29, 0.717) is 6.29 Å². The quantitative estimate of drug-likeness (QED) is 0.278. The average Bonchev–Trinajstić information content (AvgIpc) is 2.85. The van der Waals surface area contributed by atoms with Gasteiger partial charge < -0.3 is 44.8 Å². The first-order valence-electron chi connectivity index (χ1n) is 8.43. The summed E-state index contributed by atoms with van der Waals surface area (Å²) in [5.41, 5.74) is -1.99. The summed E-state index contributed by atoms with van der Waals surface area (Å²) in [6, 6.07) is 0. The number of carbonyl (C=O) groups excluding carboxylic acids is 1. The number of aldehydes is 1. The molecule has 0 bridgehead atoms. The van der Waals surface area contributed by atoms with Crippen molar-refractivity contribution in [3.05, 3.63) is 11.8 Å². The summed E-state index contributed by atoms with van der Waals surface area (Å²) in [5, 5.41) is 60.2. The summed E-state index contributed by atoms with van der Waals surface area (Å²) in [6.45, 7) is 1.13. The molecule has 26 heavy (non-hydrogen) atoms. The Morgan fingerprint density at radius 2 is 1.92 bits per heavy atom. The van der Waals surface area contributed by atoms with Crippen LogP contribution in [0.2, 0.25) is 0 Å². The first-order valence-corrected chi connectivity index (χ1v) is 8.43. The number of carbonyl (C=O) groups is 1. The van der Waals surface area contributed by atoms with Crippen molar-refractivity contribution in [2.75, 3.05) is 6.61 Å². The largest absolute Gasteiger partial charge is 0.471 e. The Morgan fingerprint density at radius 3 is 2.54 bits per heavy atom. The van der Waals surface area contributed by atoms with Crippen molar-refractivity contribution in [2.24, 2.45) is 11.8 Å². The van der Waals surface area contributed by atoms with Crippen LogP contribution in [0, 0.1) is 11.8 Å². The van der Waals surface area contributed by atoms with Crippen LogP contribution in [0.5, 0.6) is 0 Å². The first-order chi connectivity index (χ1) is 12.2. The zero-order valence-corrected chi connectivity index (χ0v) is 14.1. The molecule has 10 nitrogen and oxygen atoms in total. The monoisotopic (exact) mass is 376 g/mol. The Labute approximate surface area is 149 Å². The van der Waals surface area contributed by atoms with E-state index in [1.165, 1.54) is 0 Å². The number of fused-ring (bicyclic) bond motifs is 1. The van der Waals surface area contributed by atoms with Crippen molar-refractivity contribution < 1.29 is 49.6 Å². The maximum atomic E-state index is 11.3. The second-order valence-corrected chi connectivity index (χ2v) is 7.11. The van der Waals surface area contributed by atoms with Crippen molar-refractivity contribution in [1.82, 2.24) is 0 Å². The molecule has 3 aliphatic rings. The van der Waals surface area contributed by atoms with Gasteiger partial charge in [-0.3, -0.25) is 4.79 Å². The summed E-state index contributed by atoms with van der Waals surface area (Å²) in [7, 11) is 0. The Morgan fingerprint density at radius 1 is 1.23 bits per heavy atom. The summed E-state index contributed by atoms with van der Waals surface area (Å²) in [4.78, 5) is 11.3. The zero-order valence-electron chi connectivity index (χ0n) is 14.1. The van der Waals surface area contributed by atoms with Gasteiger partial charge in [-0.05, 0) is 12.3 Å². The Balaban J connectivity index is 1.84. The van der Waals surface area contributed by atoms with Crippen molar-refractivity contribution >= 4 is 6.29 Å². The lowest BCUT2D eigenvalue weighted by Crippen LogP contribution is -2.61. The SMILES string of the molecule is C[C@@H]1C[C@@H](O)[C@]2(O)C(C=O)=CO[C@@H](O[C@@H]3O[C@H](CO)[C@@H](O)[C@H](O)[C@H]3O)[C@H]12. The van der Waals surface area contributed by atoms with E-state index in [9.17, 15) is 35.4 Å². The highest BCUT2D eigenvalue weighted by Crippen LogP contribution is 2.49. The lowest BCUT2D eigenvalue weighted by molar-refractivity contribution is -0.347. The third kappa shape index (κ3) is 2.86. The van der Waals surface area contributed by atoms with Crippen molar-refractivity contribution in [3.63, 3.8) is 0 Å². The minimum atomic E-state index is -1.88. The van der Waals surface area contributed by atoms with Crippen molar-refractivity contribution in [3.8, 4) is 0 Å². The molecule has 3 rings (SSSR count). The minimum Gasteiger partial charge on any atom is -0.471 e. The van der Waals surface area contributed by atoms with Gasteiger partial charge in [0.25, 0.3) is 0 Å². The maximum Gasteiger partial charge on any atom is 0.208 e. The van der Waals surface area contributed by atoms with Crippen molar-refractivity contribution in [1.29, 1.82) is 0 Å². The van der Waals surface area contributed by atoms with Crippen LogP contribution >= 0.6 is 0 Å². The lowest BCUT2D eigenvalue weighted by atomic mass is 9.79. The summed E-state index contributed by atoms with van der Waals surface area (Å²) >= 11 is 0. The number of hydrogen-bond acceptors (Lipinski definition) is 10. The molecular weight excluding hydrogens is 352 g/mol. The molecule has 2 aliphatic heterocycles. The molecule has 0 spiro atoms. The summed E-state index contributed by atoms with van der Waals surface area (Å²) in [6.07, 6.45) is -8.23. The number of aliphatic hydroxyl groups excluding tert-OH is 5. The number of ether oxygens (including phenoxy) is 3. The number of rotatable bonds is 4. The number of hydrogen-bond donors (Lipinski definition) is 6. The van der Waals surface area contributed by atoms with E-state index in [4.69, 9.17) is 14.2 Å². The fourth-order valence-corrected chi connectivity index (χ4v) is 4.07. The topological polar surface area (TPSA) is 166 Å². The van der Waals surface area contributed by atoms with Crippen LogP contribution < -0.4 is 0 Å². The highest BCUT2D eigenvalue weighted by atomic mass is 16.8. The van der Waals surface area contributed by atoms with Gasteiger partial charge >= 0.3 is 0 Å². The van der Waals surface area contributed by atoms with Crippen LogP contribution in [-0.2, 0) is 19.0 Å². The van der Waals surface area contributed by atoms with E-state index in [1.807, 2.05) is 0 Å². The van der Waals surface area contributed by atoms with Gasteiger partial charge in [0.2, 0.25) is 6.29 Å². The second-order valence-electron chi connectivity index (χ2n) is 7.11. The predicted molar refractivity (Wildman–Crippen MR) is 82.1 cm³/mol. The van der Waals surface area contributed by atoms with Crippen LogP contribution in [0.3, 0.4) is 0 Å². The zero-order chi connectivity index (χ0) is 19.2. The first kappa shape index (κ1) is 19.6. The van der Waals surface area contributed by atoms with Gasteiger partial charge in [-0.2, -0.15) is 0 Å². The molecule has 0 aromatic carbocycles. The molecular formula is C16H24O10. The normalized spacial score (nSPS) is 51.3. The van der Waals surface area contributed by atoms with Gasteiger partial charge in [-0.25, -0.2) is 0 Å². The van der Waals surface area contributed by atoms with E-state index in [0.717, 1.165) is 6.26 Å². The summed E-state index contributed by atoms with van der Waals surface area (Å²) < 4.78 is 16.2. The second kappa shape index (κ2) is 7.13. The Bertz CT molecular complexity index is 565. The van der Waals surface area contributed by atoms with Gasteiger partial charge in [0.1, 0.15) is 30.0 Å². The standard InChI is InChI=1S/C16H24O10/c1-6-2-9(19)16(23)7(3-17)5-24-14(10(6)16)26-15-13(22)12(21)11(20)8(4-18)25-15/h3,5-6,8-15,18-23H,2,4H2,1H3/t6-,8-,9-,10+,11-,12+,13-,14+,15+,16-/m1/s1. The molecule has 148 valence electrons. The molecule has 10 heteroatoms. The van der Waals surface area contributed by atoms with E-state index >= 15 is 0 Å². The molecule has 0 aromatic heterocycles. The molecule has 2 fully saturated rings. The van der Waals surface area contributed by atoms with Gasteiger partial charge in [0, 0.05) is 0 Å². The third-order valence-corrected chi connectivity index (χ3v) is 5.55. The van der Waals surface area contributed by atoms with E-state index < -0.39 is 61.2 Å².